The molecule has 1 rings (SSSR count). The van der Waals surface area contributed by atoms with Gasteiger partial charge in [-0.2, -0.15) is 5.11 Å². The average molecular weight is 142 g/mol. The van der Waals surface area contributed by atoms with Crippen molar-refractivity contribution in [3.8, 4) is 0 Å². The number of carbonyl (C=O) groups is 1. The van der Waals surface area contributed by atoms with E-state index < -0.39 is 6.03 Å². The summed E-state index contributed by atoms with van der Waals surface area (Å²) < 4.78 is 0. The van der Waals surface area contributed by atoms with E-state index in [-0.39, 0.29) is 12.1 Å². The number of rotatable bonds is 1. The fourth-order valence-corrected chi connectivity index (χ4v) is 0.784. The van der Waals surface area contributed by atoms with Crippen LogP contribution in [0.25, 0.3) is 0 Å². The summed E-state index contributed by atoms with van der Waals surface area (Å²) in [6, 6.07) is -0.460. The standard InChI is InChI=1S/C5H10N4O/c1-3(2)4-7-8-5(10)9(4)6/h3-4H,6H2,1-2H3. The Balaban J connectivity index is 2.66. The summed E-state index contributed by atoms with van der Waals surface area (Å²) >= 11 is 0. The van der Waals surface area contributed by atoms with Crippen LogP contribution < -0.4 is 5.84 Å². The summed E-state index contributed by atoms with van der Waals surface area (Å²) in [7, 11) is 0. The van der Waals surface area contributed by atoms with Crippen LogP contribution >= 0.6 is 0 Å². The normalized spacial score (nSPS) is 25.0. The van der Waals surface area contributed by atoms with Gasteiger partial charge in [0, 0.05) is 0 Å². The molecule has 0 aromatic carbocycles. The summed E-state index contributed by atoms with van der Waals surface area (Å²) in [4.78, 5) is 10.6. The number of nitrogens with zero attached hydrogens (tertiary/aromatic N) is 3. The highest BCUT2D eigenvalue weighted by molar-refractivity contribution is 5.75. The molecule has 1 atom stereocenters. The Kier molecular flexibility index (Phi) is 1.67. The zero-order valence-corrected chi connectivity index (χ0v) is 5.98. The molecular formula is C5H10N4O. The van der Waals surface area contributed by atoms with Crippen molar-refractivity contribution in [3.05, 3.63) is 0 Å². The van der Waals surface area contributed by atoms with Crippen molar-refractivity contribution in [3.63, 3.8) is 0 Å². The maximum absolute atomic E-state index is 10.6. The number of hydrazine groups is 1. The number of carbonyl (C=O) groups excluding carboxylic acids is 1. The summed E-state index contributed by atoms with van der Waals surface area (Å²) in [5.41, 5.74) is 0. The van der Waals surface area contributed by atoms with Crippen LogP contribution in [0.1, 0.15) is 13.8 Å². The topological polar surface area (TPSA) is 71.0 Å². The fourth-order valence-electron chi connectivity index (χ4n) is 0.784. The van der Waals surface area contributed by atoms with Crippen molar-refractivity contribution in [2.24, 2.45) is 22.0 Å². The molecule has 5 heteroatoms. The highest BCUT2D eigenvalue weighted by Crippen LogP contribution is 2.15. The third-order valence-electron chi connectivity index (χ3n) is 1.36. The van der Waals surface area contributed by atoms with Gasteiger partial charge >= 0.3 is 6.03 Å². The molecule has 0 spiro atoms. The molecule has 1 unspecified atom stereocenters. The minimum atomic E-state index is -0.460. The van der Waals surface area contributed by atoms with E-state index in [0.717, 1.165) is 5.01 Å². The van der Waals surface area contributed by atoms with E-state index in [1.165, 1.54) is 0 Å². The number of azo groups is 1. The molecule has 0 saturated carbocycles. The lowest BCUT2D eigenvalue weighted by Crippen LogP contribution is -2.41. The molecule has 1 heterocycles. The first-order valence-electron chi connectivity index (χ1n) is 3.11. The largest absolute Gasteiger partial charge is 0.378 e. The SMILES string of the molecule is CC(C)C1N=NC(=O)N1N. The summed E-state index contributed by atoms with van der Waals surface area (Å²) in [6.45, 7) is 3.87. The highest BCUT2D eigenvalue weighted by atomic mass is 16.2. The summed E-state index contributed by atoms with van der Waals surface area (Å²) in [5.74, 6) is 5.54. The van der Waals surface area contributed by atoms with Crippen LogP contribution in [0.3, 0.4) is 0 Å². The van der Waals surface area contributed by atoms with Crippen LogP contribution in [-0.4, -0.2) is 17.2 Å². The Morgan fingerprint density at radius 3 is 2.50 bits per heavy atom. The molecule has 10 heavy (non-hydrogen) atoms. The van der Waals surface area contributed by atoms with Crippen LogP contribution in [0.15, 0.2) is 10.2 Å². The maximum atomic E-state index is 10.6. The van der Waals surface area contributed by atoms with E-state index in [0.29, 0.717) is 0 Å². The second kappa shape index (κ2) is 2.34. The minimum Gasteiger partial charge on any atom is -0.243 e. The first-order chi connectivity index (χ1) is 4.63. The molecule has 0 aromatic heterocycles. The van der Waals surface area contributed by atoms with Gasteiger partial charge < -0.3 is 0 Å². The lowest BCUT2D eigenvalue weighted by atomic mass is 10.2. The number of amides is 2. The van der Waals surface area contributed by atoms with Gasteiger partial charge in [0.2, 0.25) is 0 Å². The minimum absolute atomic E-state index is 0.222. The van der Waals surface area contributed by atoms with Crippen molar-refractivity contribution in [2.75, 3.05) is 0 Å². The van der Waals surface area contributed by atoms with E-state index >= 15 is 0 Å². The highest BCUT2D eigenvalue weighted by Gasteiger charge is 2.28. The molecule has 0 saturated heterocycles. The van der Waals surface area contributed by atoms with Gasteiger partial charge in [-0.1, -0.05) is 19.0 Å². The van der Waals surface area contributed by atoms with Gasteiger partial charge in [0.05, 0.1) is 0 Å². The Labute approximate surface area is 58.9 Å². The molecule has 0 aromatic rings. The van der Waals surface area contributed by atoms with Crippen molar-refractivity contribution in [1.82, 2.24) is 5.01 Å². The lowest BCUT2D eigenvalue weighted by Gasteiger charge is -2.17. The summed E-state index contributed by atoms with van der Waals surface area (Å²) in [6.07, 6.45) is -0.271. The van der Waals surface area contributed by atoms with Crippen LogP contribution in [0.4, 0.5) is 4.79 Å². The Morgan fingerprint density at radius 1 is 1.70 bits per heavy atom. The number of urea groups is 1. The van der Waals surface area contributed by atoms with Crippen molar-refractivity contribution >= 4 is 6.03 Å². The van der Waals surface area contributed by atoms with Gasteiger partial charge in [-0.15, -0.1) is 0 Å². The Hall–Kier alpha value is -0.970. The molecule has 0 fully saturated rings. The van der Waals surface area contributed by atoms with Gasteiger partial charge in [0.15, 0.2) is 6.17 Å². The van der Waals surface area contributed by atoms with Gasteiger partial charge in [-0.3, -0.25) is 0 Å². The zero-order valence-electron chi connectivity index (χ0n) is 5.98. The predicted octanol–water partition coefficient (Wildman–Crippen LogP) is 0.730. The van der Waals surface area contributed by atoms with Crippen molar-refractivity contribution in [1.29, 1.82) is 0 Å². The van der Waals surface area contributed by atoms with Crippen molar-refractivity contribution < 1.29 is 4.79 Å². The second-order valence-electron chi connectivity index (χ2n) is 2.56. The number of hydrogen-bond donors (Lipinski definition) is 1. The average Bonchev–Trinajstić information content (AvgIpc) is 2.14. The van der Waals surface area contributed by atoms with Gasteiger partial charge in [0.1, 0.15) is 0 Å². The van der Waals surface area contributed by atoms with Gasteiger partial charge in [0.25, 0.3) is 0 Å². The monoisotopic (exact) mass is 142 g/mol. The third-order valence-corrected chi connectivity index (χ3v) is 1.36. The maximum Gasteiger partial charge on any atom is 0.378 e. The van der Waals surface area contributed by atoms with E-state index in [2.05, 4.69) is 10.2 Å². The molecule has 2 N–H and O–H groups in total. The Bertz CT molecular complexity index is 176. The van der Waals surface area contributed by atoms with Crippen LogP contribution in [0.2, 0.25) is 0 Å². The first-order valence-corrected chi connectivity index (χ1v) is 3.11. The third kappa shape index (κ3) is 0.995. The molecule has 56 valence electrons. The molecular weight excluding hydrogens is 132 g/mol. The number of nitrogens with two attached hydrogens (primary N) is 1. The smallest absolute Gasteiger partial charge is 0.243 e. The van der Waals surface area contributed by atoms with Crippen LogP contribution in [-0.2, 0) is 0 Å². The van der Waals surface area contributed by atoms with E-state index in [1.54, 1.807) is 0 Å². The molecule has 0 bridgehead atoms. The second-order valence-corrected chi connectivity index (χ2v) is 2.56. The van der Waals surface area contributed by atoms with Crippen LogP contribution in [0, 0.1) is 5.92 Å². The van der Waals surface area contributed by atoms with Gasteiger partial charge in [-0.05, 0) is 5.92 Å². The predicted molar refractivity (Wildman–Crippen MR) is 34.9 cm³/mol. The van der Waals surface area contributed by atoms with Crippen molar-refractivity contribution in [2.45, 2.75) is 20.0 Å². The van der Waals surface area contributed by atoms with E-state index in [9.17, 15) is 4.79 Å². The molecule has 0 aliphatic carbocycles. The summed E-state index contributed by atoms with van der Waals surface area (Å²) in [5, 5.41) is 8.03. The Morgan fingerprint density at radius 2 is 2.30 bits per heavy atom. The zero-order chi connectivity index (χ0) is 7.72. The van der Waals surface area contributed by atoms with E-state index in [4.69, 9.17) is 5.84 Å². The first kappa shape index (κ1) is 7.14. The fraction of sp³-hybridized carbons (Fsp3) is 0.800. The van der Waals surface area contributed by atoms with E-state index in [1.807, 2.05) is 13.8 Å². The quantitative estimate of drug-likeness (QED) is 0.433. The molecule has 0 radical (unpaired) electrons. The molecule has 5 nitrogen and oxygen atoms in total. The molecule has 2 amide bonds. The van der Waals surface area contributed by atoms with Crippen LogP contribution in [0.5, 0.6) is 0 Å². The lowest BCUT2D eigenvalue weighted by molar-refractivity contribution is 0.186. The van der Waals surface area contributed by atoms with Gasteiger partial charge in [-0.25, -0.2) is 15.6 Å². The molecule has 1 aliphatic rings. The molecule has 1 aliphatic heterocycles. The number of hydrogen-bond acceptors (Lipinski definition) is 3.